The number of carboxylic acid groups (broad SMARTS) is 1. The lowest BCUT2D eigenvalue weighted by Crippen LogP contribution is -2.11. The summed E-state index contributed by atoms with van der Waals surface area (Å²) in [5.74, 6) is -1.96. The van der Waals surface area contributed by atoms with Crippen LogP contribution in [0.1, 0.15) is 21.5 Å². The van der Waals surface area contributed by atoms with Crippen LogP contribution in [0.2, 0.25) is 0 Å². The molecule has 2 N–H and O–H groups in total. The number of carboxylic acids is 1. The Bertz CT molecular complexity index is 753. The smallest absolute Gasteiger partial charge is 0.337 e. The number of nitrogens with one attached hydrogen (secondary N) is 1. The van der Waals surface area contributed by atoms with E-state index in [4.69, 9.17) is 5.11 Å². The van der Waals surface area contributed by atoms with Crippen molar-refractivity contribution in [3.63, 3.8) is 0 Å². The summed E-state index contributed by atoms with van der Waals surface area (Å²) in [6.45, 7) is 1.65. The molecule has 0 aliphatic heterocycles. The van der Waals surface area contributed by atoms with E-state index in [0.717, 1.165) is 0 Å². The maximum atomic E-state index is 13.4. The second-order valence-electron chi connectivity index (χ2n) is 4.68. The average Bonchev–Trinajstić information content (AvgIpc) is 2.49. The van der Waals surface area contributed by atoms with Crippen LogP contribution in [0.4, 0.5) is 10.1 Å². The van der Waals surface area contributed by atoms with Crippen LogP contribution >= 0.6 is 0 Å². The molecule has 0 aliphatic rings. The second kappa shape index (κ2) is 6.67. The number of anilines is 1. The van der Waals surface area contributed by atoms with E-state index in [0.29, 0.717) is 11.1 Å². The quantitative estimate of drug-likeness (QED) is 0.849. The van der Waals surface area contributed by atoms with Crippen molar-refractivity contribution in [3.05, 3.63) is 71.0 Å². The summed E-state index contributed by atoms with van der Waals surface area (Å²) in [5, 5.41) is 11.5. The zero-order valence-corrected chi connectivity index (χ0v) is 11.8. The van der Waals surface area contributed by atoms with Crippen molar-refractivity contribution in [2.75, 3.05) is 5.32 Å². The number of aromatic carboxylic acids is 1. The Hall–Kier alpha value is -2.95. The number of carbonyl (C=O) groups excluding carboxylic acids is 1. The monoisotopic (exact) mass is 299 g/mol. The SMILES string of the molecule is Cc1ccc(/C=C/C(=O)Nc2ccccc2C(=O)O)cc1F. The van der Waals surface area contributed by atoms with Crippen molar-refractivity contribution in [2.45, 2.75) is 6.92 Å². The first-order valence-electron chi connectivity index (χ1n) is 6.55. The average molecular weight is 299 g/mol. The fourth-order valence-corrected chi connectivity index (χ4v) is 1.84. The number of benzene rings is 2. The standard InChI is InChI=1S/C17H14FNO3/c1-11-6-7-12(10-14(11)18)8-9-16(20)19-15-5-3-2-4-13(15)17(21)22/h2-10H,1H3,(H,19,20)(H,21,22)/b9-8+. The molecular formula is C17H14FNO3. The first kappa shape index (κ1) is 15.4. The Morgan fingerprint density at radius 2 is 1.91 bits per heavy atom. The van der Waals surface area contributed by atoms with Crippen molar-refractivity contribution in [1.29, 1.82) is 0 Å². The zero-order valence-electron chi connectivity index (χ0n) is 11.8. The first-order valence-corrected chi connectivity index (χ1v) is 6.55. The third-order valence-corrected chi connectivity index (χ3v) is 3.04. The molecule has 22 heavy (non-hydrogen) atoms. The molecule has 5 heteroatoms. The van der Waals surface area contributed by atoms with Gasteiger partial charge >= 0.3 is 5.97 Å². The van der Waals surface area contributed by atoms with E-state index in [-0.39, 0.29) is 17.1 Å². The third-order valence-electron chi connectivity index (χ3n) is 3.04. The number of hydrogen-bond donors (Lipinski definition) is 2. The molecule has 0 radical (unpaired) electrons. The van der Waals surface area contributed by atoms with Crippen molar-refractivity contribution in [3.8, 4) is 0 Å². The van der Waals surface area contributed by atoms with Crippen molar-refractivity contribution < 1.29 is 19.1 Å². The highest BCUT2D eigenvalue weighted by molar-refractivity contribution is 6.06. The Labute approximate surface area is 126 Å². The van der Waals surface area contributed by atoms with Crippen LogP contribution in [0.5, 0.6) is 0 Å². The summed E-state index contributed by atoms with van der Waals surface area (Å²) in [6.07, 6.45) is 2.68. The van der Waals surface area contributed by atoms with Gasteiger partial charge in [-0.2, -0.15) is 0 Å². The number of halogens is 1. The van der Waals surface area contributed by atoms with E-state index in [1.165, 1.54) is 30.4 Å². The Kier molecular flexibility index (Phi) is 4.68. The van der Waals surface area contributed by atoms with Crippen LogP contribution in [0.15, 0.2) is 48.5 Å². The number of hydrogen-bond acceptors (Lipinski definition) is 2. The zero-order chi connectivity index (χ0) is 16.1. The topological polar surface area (TPSA) is 66.4 Å². The number of carbonyl (C=O) groups is 2. The van der Waals surface area contributed by atoms with E-state index in [1.807, 2.05) is 0 Å². The molecule has 2 aromatic rings. The maximum Gasteiger partial charge on any atom is 0.337 e. The van der Waals surface area contributed by atoms with Crippen LogP contribution in [0.3, 0.4) is 0 Å². The highest BCUT2D eigenvalue weighted by Crippen LogP contribution is 2.15. The highest BCUT2D eigenvalue weighted by Gasteiger charge is 2.10. The molecule has 4 nitrogen and oxygen atoms in total. The molecule has 0 saturated carbocycles. The molecule has 0 atom stereocenters. The van der Waals surface area contributed by atoms with Crippen LogP contribution in [-0.4, -0.2) is 17.0 Å². The summed E-state index contributed by atoms with van der Waals surface area (Å²) in [6, 6.07) is 10.7. The largest absolute Gasteiger partial charge is 0.478 e. The summed E-state index contributed by atoms with van der Waals surface area (Å²) in [4.78, 5) is 22.9. The van der Waals surface area contributed by atoms with Crippen LogP contribution in [-0.2, 0) is 4.79 Å². The predicted octanol–water partition coefficient (Wildman–Crippen LogP) is 3.48. The van der Waals surface area contributed by atoms with Gasteiger partial charge in [-0.1, -0.05) is 24.3 Å². The third kappa shape index (κ3) is 3.79. The molecule has 2 rings (SSSR count). The van der Waals surface area contributed by atoms with E-state index in [9.17, 15) is 14.0 Å². The molecule has 0 spiro atoms. The van der Waals surface area contributed by atoms with Crippen LogP contribution in [0.25, 0.3) is 6.08 Å². The van der Waals surface area contributed by atoms with Gasteiger partial charge in [-0.3, -0.25) is 4.79 Å². The van der Waals surface area contributed by atoms with Gasteiger partial charge in [0.25, 0.3) is 0 Å². The summed E-state index contributed by atoms with van der Waals surface area (Å²) in [5.41, 5.74) is 1.28. The molecule has 112 valence electrons. The molecule has 0 heterocycles. The van der Waals surface area contributed by atoms with Gasteiger partial charge in [0.1, 0.15) is 5.82 Å². The van der Waals surface area contributed by atoms with Gasteiger partial charge in [0.15, 0.2) is 0 Å². The van der Waals surface area contributed by atoms with Crippen molar-refractivity contribution in [2.24, 2.45) is 0 Å². The van der Waals surface area contributed by atoms with Gasteiger partial charge in [0.05, 0.1) is 11.3 Å². The van der Waals surface area contributed by atoms with E-state index < -0.39 is 11.9 Å². The lowest BCUT2D eigenvalue weighted by Gasteiger charge is -2.05. The second-order valence-corrected chi connectivity index (χ2v) is 4.68. The minimum absolute atomic E-state index is 0.00521. The Morgan fingerprint density at radius 1 is 1.18 bits per heavy atom. The maximum absolute atomic E-state index is 13.4. The molecule has 0 bridgehead atoms. The lowest BCUT2D eigenvalue weighted by atomic mass is 10.1. The van der Waals surface area contributed by atoms with Gasteiger partial charge in [0, 0.05) is 6.08 Å². The van der Waals surface area contributed by atoms with Gasteiger partial charge in [-0.05, 0) is 42.3 Å². The number of aryl methyl sites for hydroxylation is 1. The fraction of sp³-hybridized carbons (Fsp3) is 0.0588. The Balaban J connectivity index is 2.11. The molecule has 0 unspecified atom stereocenters. The summed E-state index contributed by atoms with van der Waals surface area (Å²) >= 11 is 0. The number of rotatable bonds is 4. The van der Waals surface area contributed by atoms with E-state index in [1.54, 1.807) is 31.2 Å². The van der Waals surface area contributed by atoms with Crippen LogP contribution < -0.4 is 5.32 Å². The van der Waals surface area contributed by atoms with Crippen LogP contribution in [0, 0.1) is 12.7 Å². The van der Waals surface area contributed by atoms with Gasteiger partial charge < -0.3 is 10.4 Å². The van der Waals surface area contributed by atoms with E-state index >= 15 is 0 Å². The van der Waals surface area contributed by atoms with Gasteiger partial charge in [0.2, 0.25) is 5.91 Å². The molecule has 1 amide bonds. The van der Waals surface area contributed by atoms with Crippen molar-refractivity contribution in [1.82, 2.24) is 0 Å². The Morgan fingerprint density at radius 3 is 2.59 bits per heavy atom. The summed E-state index contributed by atoms with van der Waals surface area (Å²) in [7, 11) is 0. The predicted molar refractivity (Wildman–Crippen MR) is 82.2 cm³/mol. The molecule has 0 aromatic heterocycles. The molecule has 2 aromatic carbocycles. The first-order chi connectivity index (χ1) is 10.5. The minimum Gasteiger partial charge on any atom is -0.478 e. The number of amides is 1. The van der Waals surface area contributed by atoms with Crippen molar-refractivity contribution >= 4 is 23.6 Å². The molecule has 0 aliphatic carbocycles. The minimum atomic E-state index is -1.12. The van der Waals surface area contributed by atoms with E-state index in [2.05, 4.69) is 5.32 Å². The van der Waals surface area contributed by atoms with Gasteiger partial charge in [-0.15, -0.1) is 0 Å². The lowest BCUT2D eigenvalue weighted by molar-refractivity contribution is -0.111. The van der Waals surface area contributed by atoms with Gasteiger partial charge in [-0.25, -0.2) is 9.18 Å². The summed E-state index contributed by atoms with van der Waals surface area (Å²) < 4.78 is 13.4. The normalized spacial score (nSPS) is 10.6. The fourth-order valence-electron chi connectivity index (χ4n) is 1.84. The number of para-hydroxylation sites is 1. The molecule has 0 saturated heterocycles. The molecule has 0 fully saturated rings. The molecular weight excluding hydrogens is 285 g/mol. The highest BCUT2D eigenvalue weighted by atomic mass is 19.1.